The molecule has 0 saturated heterocycles. The molecule has 2 atom stereocenters. The highest BCUT2D eigenvalue weighted by molar-refractivity contribution is 5.89. The topological polar surface area (TPSA) is 79.2 Å². The minimum absolute atomic E-state index is 0.156. The number of aliphatic hydroxyl groups excluding tert-OH is 1. The maximum atomic E-state index is 12.0. The molecule has 1 aromatic carbocycles. The van der Waals surface area contributed by atoms with Crippen molar-refractivity contribution in [3.63, 3.8) is 0 Å². The van der Waals surface area contributed by atoms with Crippen LogP contribution in [0.3, 0.4) is 0 Å². The number of anilines is 1. The van der Waals surface area contributed by atoms with E-state index in [0.29, 0.717) is 5.69 Å². The summed E-state index contributed by atoms with van der Waals surface area (Å²) in [4.78, 5) is 12.0. The molecule has 1 aliphatic rings. The van der Waals surface area contributed by atoms with Crippen molar-refractivity contribution in [1.29, 1.82) is 0 Å². The number of aryl methyl sites for hydroxylation is 1. The second-order valence-electron chi connectivity index (χ2n) is 5.64. The zero-order chi connectivity index (χ0) is 15.5. The van der Waals surface area contributed by atoms with Gasteiger partial charge in [0.15, 0.2) is 0 Å². The van der Waals surface area contributed by atoms with E-state index in [0.717, 1.165) is 30.6 Å². The first-order valence-corrected chi connectivity index (χ1v) is 7.50. The second kappa shape index (κ2) is 6.19. The van der Waals surface area contributed by atoms with Crippen LogP contribution < -0.4 is 10.6 Å². The van der Waals surface area contributed by atoms with Crippen molar-refractivity contribution in [2.24, 2.45) is 0 Å². The number of amides is 2. The number of rotatable bonds is 3. The lowest BCUT2D eigenvalue weighted by Crippen LogP contribution is -2.42. The molecule has 0 spiro atoms. The van der Waals surface area contributed by atoms with Crippen molar-refractivity contribution < 1.29 is 9.90 Å². The van der Waals surface area contributed by atoms with Gasteiger partial charge in [0.1, 0.15) is 0 Å². The van der Waals surface area contributed by atoms with E-state index in [4.69, 9.17) is 0 Å². The molecule has 1 saturated carbocycles. The van der Waals surface area contributed by atoms with Gasteiger partial charge in [-0.15, -0.1) is 0 Å². The van der Waals surface area contributed by atoms with E-state index in [1.807, 2.05) is 41.9 Å². The Labute approximate surface area is 129 Å². The fourth-order valence-corrected chi connectivity index (χ4v) is 2.80. The first kappa shape index (κ1) is 14.6. The van der Waals surface area contributed by atoms with Gasteiger partial charge in [0, 0.05) is 17.6 Å². The van der Waals surface area contributed by atoms with Crippen LogP contribution in [-0.2, 0) is 0 Å². The van der Waals surface area contributed by atoms with E-state index >= 15 is 0 Å². The van der Waals surface area contributed by atoms with Crippen molar-refractivity contribution >= 4 is 11.7 Å². The molecule has 6 nitrogen and oxygen atoms in total. The molecular weight excluding hydrogens is 280 g/mol. The summed E-state index contributed by atoms with van der Waals surface area (Å²) in [6.45, 7) is 1.97. The monoisotopic (exact) mass is 300 g/mol. The SMILES string of the molecule is Cc1ccnn1-c1cccc(NC(=O)N[C@@H]2CCC[C@@H]2O)c1. The van der Waals surface area contributed by atoms with Crippen LogP contribution in [0.4, 0.5) is 10.5 Å². The fraction of sp³-hybridized carbons (Fsp3) is 0.375. The van der Waals surface area contributed by atoms with Gasteiger partial charge >= 0.3 is 6.03 Å². The number of hydrogen-bond donors (Lipinski definition) is 3. The Morgan fingerprint density at radius 3 is 2.91 bits per heavy atom. The van der Waals surface area contributed by atoms with E-state index in [-0.39, 0.29) is 12.1 Å². The molecule has 1 fully saturated rings. The average molecular weight is 300 g/mol. The normalized spacial score (nSPS) is 20.8. The quantitative estimate of drug-likeness (QED) is 0.813. The summed E-state index contributed by atoms with van der Waals surface area (Å²) in [7, 11) is 0. The largest absolute Gasteiger partial charge is 0.391 e. The van der Waals surface area contributed by atoms with Gasteiger partial charge in [-0.25, -0.2) is 9.48 Å². The summed E-state index contributed by atoms with van der Waals surface area (Å²) in [5.41, 5.74) is 2.61. The van der Waals surface area contributed by atoms with E-state index in [9.17, 15) is 9.90 Å². The number of hydrogen-bond acceptors (Lipinski definition) is 3. The lowest BCUT2D eigenvalue weighted by molar-refractivity contribution is 0.151. The molecule has 2 aromatic rings. The molecule has 116 valence electrons. The number of urea groups is 1. The summed E-state index contributed by atoms with van der Waals surface area (Å²) in [5.74, 6) is 0. The van der Waals surface area contributed by atoms with E-state index in [1.165, 1.54) is 0 Å². The Balaban J connectivity index is 1.68. The number of carbonyl (C=O) groups excluding carboxylic acids is 1. The van der Waals surface area contributed by atoms with E-state index < -0.39 is 6.10 Å². The smallest absolute Gasteiger partial charge is 0.319 e. The molecule has 3 N–H and O–H groups in total. The van der Waals surface area contributed by atoms with Gasteiger partial charge in [-0.3, -0.25) is 0 Å². The Morgan fingerprint density at radius 1 is 1.36 bits per heavy atom. The van der Waals surface area contributed by atoms with Crippen LogP contribution in [0, 0.1) is 6.92 Å². The van der Waals surface area contributed by atoms with Crippen molar-refractivity contribution in [2.75, 3.05) is 5.32 Å². The van der Waals surface area contributed by atoms with Crippen LogP contribution in [-0.4, -0.2) is 33.1 Å². The molecule has 1 aromatic heterocycles. The first-order chi connectivity index (χ1) is 10.6. The molecule has 22 heavy (non-hydrogen) atoms. The minimum Gasteiger partial charge on any atom is -0.391 e. The summed E-state index contributed by atoms with van der Waals surface area (Å²) in [6.07, 6.45) is 3.81. The molecule has 1 aliphatic carbocycles. The summed E-state index contributed by atoms with van der Waals surface area (Å²) >= 11 is 0. The highest BCUT2D eigenvalue weighted by Crippen LogP contribution is 2.19. The number of aliphatic hydroxyl groups is 1. The number of carbonyl (C=O) groups is 1. The Morgan fingerprint density at radius 2 is 2.23 bits per heavy atom. The lowest BCUT2D eigenvalue weighted by atomic mass is 10.2. The fourth-order valence-electron chi connectivity index (χ4n) is 2.80. The number of aromatic nitrogens is 2. The lowest BCUT2D eigenvalue weighted by Gasteiger charge is -2.17. The van der Waals surface area contributed by atoms with Gasteiger partial charge < -0.3 is 15.7 Å². The van der Waals surface area contributed by atoms with E-state index in [2.05, 4.69) is 15.7 Å². The van der Waals surface area contributed by atoms with Crippen molar-refractivity contribution in [2.45, 2.75) is 38.3 Å². The van der Waals surface area contributed by atoms with Gasteiger partial charge in [-0.2, -0.15) is 5.10 Å². The molecule has 3 rings (SSSR count). The molecule has 0 radical (unpaired) electrons. The van der Waals surface area contributed by atoms with E-state index in [1.54, 1.807) is 6.20 Å². The minimum atomic E-state index is -0.441. The Kier molecular flexibility index (Phi) is 4.11. The predicted molar refractivity (Wildman–Crippen MR) is 84.1 cm³/mol. The molecule has 2 amide bonds. The number of nitrogens with one attached hydrogen (secondary N) is 2. The Bertz CT molecular complexity index is 668. The third-order valence-electron chi connectivity index (χ3n) is 3.98. The van der Waals surface area contributed by atoms with Crippen LogP contribution in [0.25, 0.3) is 5.69 Å². The van der Waals surface area contributed by atoms with Gasteiger partial charge in [-0.05, 0) is 50.5 Å². The second-order valence-corrected chi connectivity index (χ2v) is 5.64. The maximum absolute atomic E-state index is 12.0. The molecular formula is C16H20N4O2. The predicted octanol–water partition coefficient (Wildman–Crippen LogP) is 2.22. The molecule has 0 bridgehead atoms. The first-order valence-electron chi connectivity index (χ1n) is 7.50. The summed E-state index contributed by atoms with van der Waals surface area (Å²) in [6, 6.07) is 8.98. The van der Waals surface area contributed by atoms with Gasteiger partial charge in [0.05, 0.1) is 17.8 Å². The third-order valence-corrected chi connectivity index (χ3v) is 3.98. The molecule has 0 aliphatic heterocycles. The van der Waals surface area contributed by atoms with Crippen LogP contribution in [0.5, 0.6) is 0 Å². The van der Waals surface area contributed by atoms with Gasteiger partial charge in [-0.1, -0.05) is 6.07 Å². The van der Waals surface area contributed by atoms with Crippen molar-refractivity contribution in [1.82, 2.24) is 15.1 Å². The third kappa shape index (κ3) is 3.12. The molecule has 6 heteroatoms. The van der Waals surface area contributed by atoms with Crippen LogP contribution in [0.1, 0.15) is 25.0 Å². The number of benzene rings is 1. The van der Waals surface area contributed by atoms with Crippen LogP contribution in [0.2, 0.25) is 0 Å². The number of nitrogens with zero attached hydrogens (tertiary/aromatic N) is 2. The van der Waals surface area contributed by atoms with Crippen LogP contribution >= 0.6 is 0 Å². The highest BCUT2D eigenvalue weighted by Gasteiger charge is 2.26. The zero-order valence-electron chi connectivity index (χ0n) is 12.5. The van der Waals surface area contributed by atoms with Crippen molar-refractivity contribution in [3.8, 4) is 5.69 Å². The standard InChI is InChI=1S/C16H20N4O2/c1-11-8-9-17-20(11)13-5-2-4-12(10-13)18-16(22)19-14-6-3-7-15(14)21/h2,4-5,8-10,14-15,21H,3,6-7H2,1H3,(H2,18,19,22)/t14-,15+/m1/s1. The Hall–Kier alpha value is -2.34. The maximum Gasteiger partial charge on any atom is 0.319 e. The molecule has 1 heterocycles. The summed E-state index contributed by atoms with van der Waals surface area (Å²) in [5, 5.41) is 19.6. The van der Waals surface area contributed by atoms with Gasteiger partial charge in [0.25, 0.3) is 0 Å². The van der Waals surface area contributed by atoms with Gasteiger partial charge in [0.2, 0.25) is 0 Å². The molecule has 0 unspecified atom stereocenters. The zero-order valence-corrected chi connectivity index (χ0v) is 12.5. The summed E-state index contributed by atoms with van der Waals surface area (Å²) < 4.78 is 1.81. The highest BCUT2D eigenvalue weighted by atomic mass is 16.3. The average Bonchev–Trinajstić information content (AvgIpc) is 3.08. The van der Waals surface area contributed by atoms with Crippen LogP contribution in [0.15, 0.2) is 36.5 Å². The van der Waals surface area contributed by atoms with Crippen molar-refractivity contribution in [3.05, 3.63) is 42.2 Å².